The molecule has 1 aliphatic rings. The molecule has 2 atom stereocenters. The number of carbonyl (C=O) groups excluding carboxylic acids is 2. The van der Waals surface area contributed by atoms with Gasteiger partial charge in [0.15, 0.2) is 0 Å². The molecule has 194 valence electrons. The van der Waals surface area contributed by atoms with Crippen molar-refractivity contribution in [3.8, 4) is 11.1 Å². The minimum absolute atomic E-state index is 0.203. The van der Waals surface area contributed by atoms with Gasteiger partial charge in [-0.05, 0) is 50.1 Å². The van der Waals surface area contributed by atoms with Crippen molar-refractivity contribution < 1.29 is 27.5 Å². The third-order valence-electron chi connectivity index (χ3n) is 6.08. The van der Waals surface area contributed by atoms with Crippen molar-refractivity contribution >= 4 is 17.7 Å². The number of rotatable bonds is 4. The number of halogens is 3. The van der Waals surface area contributed by atoms with Crippen LogP contribution < -0.4 is 5.32 Å². The molecular weight excluding hydrogens is 483 g/mol. The number of anilines is 1. The molecule has 0 unspecified atom stereocenters. The maximum atomic E-state index is 13.3. The van der Waals surface area contributed by atoms with Crippen LogP contribution in [0.4, 0.5) is 23.7 Å². The number of hydrogen-bond acceptors (Lipinski definition) is 4. The lowest BCUT2D eigenvalue weighted by Gasteiger charge is -2.24. The molecule has 0 radical (unpaired) electrons. The molecular formula is C28H28F3N3O3. The van der Waals surface area contributed by atoms with Gasteiger partial charge in [0.1, 0.15) is 11.3 Å². The van der Waals surface area contributed by atoms with E-state index in [1.807, 2.05) is 30.3 Å². The number of amides is 2. The molecule has 0 saturated carbocycles. The van der Waals surface area contributed by atoms with Crippen LogP contribution in [0.2, 0.25) is 0 Å². The van der Waals surface area contributed by atoms with E-state index in [0.717, 1.165) is 11.6 Å². The summed E-state index contributed by atoms with van der Waals surface area (Å²) in [5, 5.41) is 2.92. The quantitative estimate of drug-likeness (QED) is 0.443. The lowest BCUT2D eigenvalue weighted by molar-refractivity contribution is -0.141. The zero-order valence-electron chi connectivity index (χ0n) is 20.8. The molecule has 1 aliphatic heterocycles. The third kappa shape index (κ3) is 6.47. The Hall–Kier alpha value is -3.88. The molecule has 37 heavy (non-hydrogen) atoms. The van der Waals surface area contributed by atoms with Crippen LogP contribution in [-0.4, -0.2) is 40.6 Å². The molecule has 6 nitrogen and oxygen atoms in total. The van der Waals surface area contributed by atoms with Crippen molar-refractivity contribution in [3.05, 3.63) is 84.2 Å². The monoisotopic (exact) mass is 511 g/mol. The average molecular weight is 512 g/mol. The van der Waals surface area contributed by atoms with Crippen molar-refractivity contribution in [2.24, 2.45) is 5.92 Å². The molecule has 3 aromatic rings. The number of aromatic nitrogens is 1. The van der Waals surface area contributed by atoms with E-state index in [9.17, 15) is 22.8 Å². The second-order valence-electron chi connectivity index (χ2n) is 10.0. The van der Waals surface area contributed by atoms with Gasteiger partial charge in [-0.25, -0.2) is 4.79 Å². The summed E-state index contributed by atoms with van der Waals surface area (Å²) in [6.07, 6.45) is -3.79. The van der Waals surface area contributed by atoms with E-state index in [1.54, 1.807) is 49.9 Å². The van der Waals surface area contributed by atoms with Gasteiger partial charge in [-0.1, -0.05) is 48.5 Å². The zero-order chi connectivity index (χ0) is 26.8. The van der Waals surface area contributed by atoms with Crippen molar-refractivity contribution in [3.63, 3.8) is 0 Å². The van der Waals surface area contributed by atoms with Crippen molar-refractivity contribution in [2.45, 2.75) is 38.5 Å². The van der Waals surface area contributed by atoms with Gasteiger partial charge in [-0.2, -0.15) is 13.2 Å². The highest BCUT2D eigenvalue weighted by Gasteiger charge is 2.41. The lowest BCUT2D eigenvalue weighted by Crippen LogP contribution is -2.36. The number of alkyl halides is 3. The molecule has 4 rings (SSSR count). The largest absolute Gasteiger partial charge is 0.444 e. The number of benzene rings is 2. The van der Waals surface area contributed by atoms with Crippen molar-refractivity contribution in [1.29, 1.82) is 0 Å². The predicted molar refractivity (Wildman–Crippen MR) is 134 cm³/mol. The number of carbonyl (C=O) groups is 2. The molecule has 1 N–H and O–H groups in total. The van der Waals surface area contributed by atoms with Crippen LogP contribution >= 0.6 is 0 Å². The van der Waals surface area contributed by atoms with Gasteiger partial charge in [-0.15, -0.1) is 0 Å². The van der Waals surface area contributed by atoms with Crippen LogP contribution in [0.15, 0.2) is 72.9 Å². The summed E-state index contributed by atoms with van der Waals surface area (Å²) in [6, 6.07) is 18.6. The summed E-state index contributed by atoms with van der Waals surface area (Å²) in [7, 11) is 0. The van der Waals surface area contributed by atoms with E-state index in [-0.39, 0.29) is 18.4 Å². The minimum atomic E-state index is -4.50. The van der Waals surface area contributed by atoms with Crippen LogP contribution in [0, 0.1) is 5.92 Å². The molecule has 1 saturated heterocycles. The van der Waals surface area contributed by atoms with Crippen molar-refractivity contribution in [2.75, 3.05) is 18.4 Å². The van der Waals surface area contributed by atoms with Gasteiger partial charge in [-0.3, -0.25) is 9.78 Å². The van der Waals surface area contributed by atoms with E-state index < -0.39 is 29.5 Å². The third-order valence-corrected chi connectivity index (χ3v) is 6.08. The molecule has 2 heterocycles. The Morgan fingerprint density at radius 3 is 2.14 bits per heavy atom. The van der Waals surface area contributed by atoms with Crippen LogP contribution in [0.1, 0.15) is 37.9 Å². The second kappa shape index (κ2) is 10.2. The summed E-state index contributed by atoms with van der Waals surface area (Å²) in [4.78, 5) is 31.1. The number of pyridine rings is 1. The summed E-state index contributed by atoms with van der Waals surface area (Å²) in [5.74, 6) is -0.927. The van der Waals surface area contributed by atoms with Gasteiger partial charge in [0.05, 0.1) is 5.92 Å². The van der Waals surface area contributed by atoms with Gasteiger partial charge < -0.3 is 15.0 Å². The Balaban J connectivity index is 1.48. The fraction of sp³-hybridized carbons (Fsp3) is 0.321. The highest BCUT2D eigenvalue weighted by molar-refractivity contribution is 5.94. The van der Waals surface area contributed by atoms with Crippen LogP contribution in [-0.2, 0) is 15.7 Å². The molecule has 2 amide bonds. The molecule has 0 aliphatic carbocycles. The maximum absolute atomic E-state index is 13.3. The smallest absolute Gasteiger partial charge is 0.433 e. The summed E-state index contributed by atoms with van der Waals surface area (Å²) >= 11 is 0. The molecule has 0 bridgehead atoms. The van der Waals surface area contributed by atoms with E-state index in [2.05, 4.69) is 10.3 Å². The van der Waals surface area contributed by atoms with Gasteiger partial charge in [0.25, 0.3) is 0 Å². The highest BCUT2D eigenvalue weighted by Crippen LogP contribution is 2.35. The summed E-state index contributed by atoms with van der Waals surface area (Å²) in [5.41, 5.74) is 1.08. The molecule has 9 heteroatoms. The van der Waals surface area contributed by atoms with E-state index >= 15 is 0 Å². The van der Waals surface area contributed by atoms with E-state index in [4.69, 9.17) is 4.74 Å². The summed E-state index contributed by atoms with van der Waals surface area (Å²) in [6.45, 7) is 5.96. The first kappa shape index (κ1) is 26.2. The Labute approximate surface area is 213 Å². The number of likely N-dealkylation sites (tertiary alicyclic amines) is 1. The standard InChI is InChI=1S/C28H28F3N3O3/c1-27(2,3)37-26(36)34-16-22(19-7-5-4-6-8-19)23(17-34)25(35)33-21-12-9-18(10-13-21)20-11-14-24(32-15-20)28(29,30)31/h4-15,22-23H,16-17H2,1-3H3,(H,33,35)/t22-,23+/m0/s1. The van der Waals surface area contributed by atoms with Crippen LogP contribution in [0.3, 0.4) is 0 Å². The maximum Gasteiger partial charge on any atom is 0.433 e. The van der Waals surface area contributed by atoms with Crippen LogP contribution in [0.5, 0.6) is 0 Å². The first-order valence-electron chi connectivity index (χ1n) is 11.9. The normalized spacial score (nSPS) is 17.9. The average Bonchev–Trinajstić information content (AvgIpc) is 3.30. The Kier molecular flexibility index (Phi) is 7.25. The first-order chi connectivity index (χ1) is 17.4. The summed E-state index contributed by atoms with van der Waals surface area (Å²) < 4.78 is 43.8. The molecule has 1 fully saturated rings. The van der Waals surface area contributed by atoms with Crippen LogP contribution in [0.25, 0.3) is 11.1 Å². The SMILES string of the molecule is CC(C)(C)OC(=O)N1C[C@@H](C(=O)Nc2ccc(-c3ccc(C(F)(F)F)nc3)cc2)[C@H](c2ccccc2)C1. The number of ether oxygens (including phenoxy) is 1. The predicted octanol–water partition coefficient (Wildman–Crippen LogP) is 6.36. The molecule has 2 aromatic carbocycles. The lowest BCUT2D eigenvalue weighted by atomic mass is 9.88. The van der Waals surface area contributed by atoms with E-state index in [0.29, 0.717) is 23.4 Å². The number of hydrogen-bond donors (Lipinski definition) is 1. The highest BCUT2D eigenvalue weighted by atomic mass is 19.4. The zero-order valence-corrected chi connectivity index (χ0v) is 20.8. The van der Waals surface area contributed by atoms with E-state index in [1.165, 1.54) is 12.3 Å². The fourth-order valence-electron chi connectivity index (χ4n) is 4.30. The Bertz CT molecular complexity index is 1240. The minimum Gasteiger partial charge on any atom is -0.444 e. The second-order valence-corrected chi connectivity index (χ2v) is 10.0. The molecule has 1 aromatic heterocycles. The Morgan fingerprint density at radius 1 is 0.919 bits per heavy atom. The fourth-order valence-corrected chi connectivity index (χ4v) is 4.30. The van der Waals surface area contributed by atoms with Crippen molar-refractivity contribution in [1.82, 2.24) is 9.88 Å². The molecule has 0 spiro atoms. The van der Waals surface area contributed by atoms with Gasteiger partial charge in [0.2, 0.25) is 5.91 Å². The topological polar surface area (TPSA) is 71.5 Å². The Morgan fingerprint density at radius 2 is 1.57 bits per heavy atom. The first-order valence-corrected chi connectivity index (χ1v) is 11.9. The number of nitrogens with one attached hydrogen (secondary N) is 1. The number of nitrogens with zero attached hydrogens (tertiary/aromatic N) is 2. The van der Waals surface area contributed by atoms with Gasteiger partial charge >= 0.3 is 12.3 Å². The van der Waals surface area contributed by atoms with Gasteiger partial charge in [0, 0.05) is 36.5 Å².